The highest BCUT2D eigenvalue weighted by atomic mass is 16.2. The van der Waals surface area contributed by atoms with Crippen molar-refractivity contribution in [2.45, 2.75) is 0 Å². The average molecular weight is 239 g/mol. The van der Waals surface area contributed by atoms with Gasteiger partial charge < -0.3 is 5.73 Å². The van der Waals surface area contributed by atoms with Gasteiger partial charge in [-0.2, -0.15) is 5.10 Å². The first-order chi connectivity index (χ1) is 8.68. The molecular weight excluding hydrogens is 230 g/mol. The van der Waals surface area contributed by atoms with Crippen molar-refractivity contribution < 1.29 is 9.59 Å². The van der Waals surface area contributed by atoms with E-state index >= 15 is 0 Å². The van der Waals surface area contributed by atoms with Crippen LogP contribution in [0.4, 0.5) is 4.79 Å². The van der Waals surface area contributed by atoms with E-state index in [-0.39, 0.29) is 11.5 Å². The lowest BCUT2D eigenvalue weighted by molar-refractivity contribution is 0.106. The summed E-state index contributed by atoms with van der Waals surface area (Å²) < 4.78 is 0. The molecule has 1 aliphatic carbocycles. The van der Waals surface area contributed by atoms with E-state index in [9.17, 15) is 9.59 Å². The maximum absolute atomic E-state index is 12.2. The summed E-state index contributed by atoms with van der Waals surface area (Å²) >= 11 is 0. The first-order valence-corrected chi connectivity index (χ1v) is 5.38. The standard InChI is InChI=1S/C13H9N3O2/c14-13(18)16-15-11-8-5-1-3-7-4-2-6-9(10(7)8)12(11)17/h1-6H,(H3,14,16,18)/b15-11+. The number of hydrazone groups is 1. The minimum atomic E-state index is -0.793. The number of nitrogens with one attached hydrogen (secondary N) is 1. The van der Waals surface area contributed by atoms with Crippen LogP contribution in [0.25, 0.3) is 10.8 Å². The number of Topliss-reactive ketones (excluding diaryl/α,β-unsaturated/α-hetero) is 1. The van der Waals surface area contributed by atoms with E-state index in [0.717, 1.165) is 16.3 Å². The zero-order valence-corrected chi connectivity index (χ0v) is 9.31. The molecule has 2 aromatic carbocycles. The Labute approximate surface area is 102 Å². The predicted octanol–water partition coefficient (Wildman–Crippen LogP) is 1.41. The quantitative estimate of drug-likeness (QED) is 0.737. The summed E-state index contributed by atoms with van der Waals surface area (Å²) in [5.41, 5.74) is 8.60. The summed E-state index contributed by atoms with van der Waals surface area (Å²) in [4.78, 5) is 22.8. The second kappa shape index (κ2) is 3.66. The van der Waals surface area contributed by atoms with Gasteiger partial charge in [0.15, 0.2) is 0 Å². The normalized spacial score (nSPS) is 15.3. The molecule has 3 rings (SSSR count). The van der Waals surface area contributed by atoms with Gasteiger partial charge >= 0.3 is 6.03 Å². The van der Waals surface area contributed by atoms with Crippen LogP contribution in [-0.4, -0.2) is 17.5 Å². The molecule has 2 amide bonds. The molecule has 5 heteroatoms. The second-order valence-corrected chi connectivity index (χ2v) is 3.97. The predicted molar refractivity (Wildman–Crippen MR) is 67.5 cm³/mol. The van der Waals surface area contributed by atoms with Crippen molar-refractivity contribution in [3.63, 3.8) is 0 Å². The van der Waals surface area contributed by atoms with E-state index in [4.69, 9.17) is 5.73 Å². The lowest BCUT2D eigenvalue weighted by Gasteiger charge is -1.99. The first-order valence-electron chi connectivity index (χ1n) is 5.38. The van der Waals surface area contributed by atoms with E-state index < -0.39 is 6.03 Å². The van der Waals surface area contributed by atoms with Gasteiger partial charge in [-0.1, -0.05) is 36.4 Å². The number of hydrogen-bond acceptors (Lipinski definition) is 3. The minimum absolute atomic E-state index is 0.199. The monoisotopic (exact) mass is 239 g/mol. The number of nitrogens with zero attached hydrogens (tertiary/aromatic N) is 1. The molecule has 0 unspecified atom stereocenters. The third-order valence-corrected chi connectivity index (χ3v) is 2.90. The van der Waals surface area contributed by atoms with E-state index in [0.29, 0.717) is 5.56 Å². The van der Waals surface area contributed by atoms with Crippen LogP contribution >= 0.6 is 0 Å². The smallest absolute Gasteiger partial charge is 0.332 e. The molecule has 0 bridgehead atoms. The molecule has 3 N–H and O–H groups in total. The van der Waals surface area contributed by atoms with E-state index in [1.807, 2.05) is 24.3 Å². The number of benzene rings is 2. The maximum atomic E-state index is 12.2. The van der Waals surface area contributed by atoms with Gasteiger partial charge in [0.2, 0.25) is 5.78 Å². The lowest BCUT2D eigenvalue weighted by atomic mass is 10.1. The Morgan fingerprint density at radius 2 is 1.78 bits per heavy atom. The Morgan fingerprint density at radius 3 is 2.44 bits per heavy atom. The summed E-state index contributed by atoms with van der Waals surface area (Å²) in [5.74, 6) is -0.199. The third kappa shape index (κ3) is 1.37. The number of rotatable bonds is 1. The van der Waals surface area contributed by atoms with Gasteiger partial charge in [0.25, 0.3) is 0 Å². The summed E-state index contributed by atoms with van der Waals surface area (Å²) in [6.07, 6.45) is 0. The molecule has 0 aromatic heterocycles. The molecule has 0 atom stereocenters. The SMILES string of the molecule is NC(=O)N/N=C1/C(=O)c2cccc3cccc1c23. The third-order valence-electron chi connectivity index (χ3n) is 2.90. The van der Waals surface area contributed by atoms with E-state index in [2.05, 4.69) is 10.5 Å². The fraction of sp³-hybridized carbons (Fsp3) is 0. The highest BCUT2D eigenvalue weighted by molar-refractivity contribution is 6.59. The maximum Gasteiger partial charge on any atom is 0.332 e. The lowest BCUT2D eigenvalue weighted by Crippen LogP contribution is -2.27. The Kier molecular flexibility index (Phi) is 2.13. The van der Waals surface area contributed by atoms with Crippen LogP contribution in [0.3, 0.4) is 0 Å². The number of amides is 2. The van der Waals surface area contributed by atoms with Gasteiger partial charge in [-0.3, -0.25) is 4.79 Å². The number of carbonyl (C=O) groups is 2. The molecule has 0 saturated carbocycles. The number of ketones is 1. The topological polar surface area (TPSA) is 84.6 Å². The van der Waals surface area contributed by atoms with Crippen LogP contribution in [0, 0.1) is 0 Å². The van der Waals surface area contributed by atoms with Crippen molar-refractivity contribution in [3.8, 4) is 0 Å². The number of hydrogen-bond donors (Lipinski definition) is 2. The van der Waals surface area contributed by atoms with Crippen LogP contribution < -0.4 is 11.2 Å². The molecule has 0 fully saturated rings. The molecule has 0 radical (unpaired) electrons. The fourth-order valence-corrected chi connectivity index (χ4v) is 2.20. The molecule has 2 aromatic rings. The summed E-state index contributed by atoms with van der Waals surface area (Å²) in [6, 6.07) is 10.3. The van der Waals surface area contributed by atoms with E-state index in [1.54, 1.807) is 12.1 Å². The second-order valence-electron chi connectivity index (χ2n) is 3.97. The summed E-state index contributed by atoms with van der Waals surface area (Å²) in [6.45, 7) is 0. The van der Waals surface area contributed by atoms with Gasteiger partial charge in [-0.25, -0.2) is 10.2 Å². The van der Waals surface area contributed by atoms with Crippen molar-refractivity contribution in [1.82, 2.24) is 5.43 Å². The van der Waals surface area contributed by atoms with Crippen LogP contribution in [0.15, 0.2) is 41.5 Å². The highest BCUT2D eigenvalue weighted by Crippen LogP contribution is 2.30. The molecule has 5 nitrogen and oxygen atoms in total. The zero-order chi connectivity index (χ0) is 12.7. The Bertz CT molecular complexity index is 714. The largest absolute Gasteiger partial charge is 0.350 e. The zero-order valence-electron chi connectivity index (χ0n) is 9.31. The van der Waals surface area contributed by atoms with Gasteiger partial charge in [-0.05, 0) is 5.39 Å². The summed E-state index contributed by atoms with van der Waals surface area (Å²) in [7, 11) is 0. The minimum Gasteiger partial charge on any atom is -0.350 e. The van der Waals surface area contributed by atoms with Gasteiger partial charge in [0.1, 0.15) is 5.71 Å². The van der Waals surface area contributed by atoms with Crippen LogP contribution in [0.1, 0.15) is 15.9 Å². The number of urea groups is 1. The van der Waals surface area contributed by atoms with Crippen molar-refractivity contribution in [2.24, 2.45) is 10.8 Å². The van der Waals surface area contributed by atoms with Crippen molar-refractivity contribution in [1.29, 1.82) is 0 Å². The van der Waals surface area contributed by atoms with Gasteiger partial charge in [0, 0.05) is 16.5 Å². The summed E-state index contributed by atoms with van der Waals surface area (Å²) in [5, 5.41) is 5.63. The van der Waals surface area contributed by atoms with Crippen molar-refractivity contribution >= 4 is 28.3 Å². The Morgan fingerprint density at radius 1 is 1.11 bits per heavy atom. The van der Waals surface area contributed by atoms with Gasteiger partial charge in [0.05, 0.1) is 0 Å². The van der Waals surface area contributed by atoms with Crippen molar-refractivity contribution in [2.75, 3.05) is 0 Å². The average Bonchev–Trinajstić information content (AvgIpc) is 2.63. The Balaban J connectivity index is 2.26. The van der Waals surface area contributed by atoms with Crippen LogP contribution in [0.5, 0.6) is 0 Å². The molecule has 0 saturated heterocycles. The molecular formula is C13H9N3O2. The molecule has 0 heterocycles. The number of nitrogens with two attached hydrogens (primary N) is 1. The molecule has 18 heavy (non-hydrogen) atoms. The first kappa shape index (κ1) is 10.5. The molecule has 1 aliphatic rings. The van der Waals surface area contributed by atoms with E-state index in [1.165, 1.54) is 0 Å². The highest BCUT2D eigenvalue weighted by Gasteiger charge is 2.28. The molecule has 88 valence electrons. The van der Waals surface area contributed by atoms with Gasteiger partial charge in [-0.15, -0.1) is 0 Å². The molecule has 0 spiro atoms. The Hall–Kier alpha value is -2.69. The number of carbonyl (C=O) groups excluding carboxylic acids is 2. The number of primary amides is 1. The fourth-order valence-electron chi connectivity index (χ4n) is 2.20. The van der Waals surface area contributed by atoms with Crippen molar-refractivity contribution in [3.05, 3.63) is 47.5 Å². The molecule has 0 aliphatic heterocycles. The van der Waals surface area contributed by atoms with Crippen LogP contribution in [0.2, 0.25) is 0 Å². The van der Waals surface area contributed by atoms with Crippen LogP contribution in [-0.2, 0) is 0 Å².